The number of rotatable bonds is 0. The summed E-state index contributed by atoms with van der Waals surface area (Å²) >= 11 is 0. The summed E-state index contributed by atoms with van der Waals surface area (Å²) in [5.74, 6) is 0. The van der Waals surface area contributed by atoms with Gasteiger partial charge in [0.1, 0.15) is 6.34 Å². The maximum absolute atomic E-state index is 8.62. The van der Waals surface area contributed by atoms with E-state index in [-0.39, 0.29) is 0 Å². The molecule has 1 unspecified atom stereocenters. The summed E-state index contributed by atoms with van der Waals surface area (Å²) in [5, 5.41) is 8.62. The van der Waals surface area contributed by atoms with Crippen molar-refractivity contribution < 1.29 is 5.11 Å². The Hall–Kier alpha value is -0.700. The molecule has 3 heteroatoms. The Morgan fingerprint density at radius 1 is 1.71 bits per heavy atom. The van der Waals surface area contributed by atoms with Gasteiger partial charge in [-0.25, -0.2) is 9.98 Å². The van der Waals surface area contributed by atoms with Gasteiger partial charge < -0.3 is 5.11 Å². The van der Waals surface area contributed by atoms with Gasteiger partial charge >= 0.3 is 0 Å². The third kappa shape index (κ3) is 1.08. The normalized spacial score (nSPS) is 28.4. The van der Waals surface area contributed by atoms with Gasteiger partial charge in [0.2, 0.25) is 0 Å². The summed E-state index contributed by atoms with van der Waals surface area (Å²) in [5.41, 5.74) is 0. The zero-order chi connectivity index (χ0) is 5.11. The molecular weight excluding hydrogens is 92.1 g/mol. The molecule has 0 fully saturated rings. The highest BCUT2D eigenvalue weighted by Gasteiger charge is 1.97. The SMILES string of the molecule is OC1CC=NC=N1. The first kappa shape index (κ1) is 4.46. The van der Waals surface area contributed by atoms with E-state index < -0.39 is 6.23 Å². The standard InChI is InChI=1S/C4H6N2O/c7-4-1-2-5-3-6-4/h2-4,7H,1H2. The van der Waals surface area contributed by atoms with Crippen LogP contribution in [0.2, 0.25) is 0 Å². The van der Waals surface area contributed by atoms with E-state index >= 15 is 0 Å². The van der Waals surface area contributed by atoms with E-state index in [1.807, 2.05) is 0 Å². The second-order valence-electron chi connectivity index (χ2n) is 1.31. The number of aliphatic hydroxyl groups is 1. The predicted octanol–water partition coefficient (Wildman–Crippen LogP) is -0.192. The van der Waals surface area contributed by atoms with E-state index in [0.717, 1.165) is 0 Å². The Labute approximate surface area is 41.4 Å². The van der Waals surface area contributed by atoms with Gasteiger partial charge in [-0.3, -0.25) is 0 Å². The zero-order valence-corrected chi connectivity index (χ0v) is 3.78. The van der Waals surface area contributed by atoms with Crippen molar-refractivity contribution in [3.63, 3.8) is 0 Å². The molecule has 7 heavy (non-hydrogen) atoms. The highest BCUT2D eigenvalue weighted by molar-refractivity contribution is 5.74. The number of aliphatic hydroxyl groups excluding tert-OH is 1. The van der Waals surface area contributed by atoms with Crippen LogP contribution >= 0.6 is 0 Å². The van der Waals surface area contributed by atoms with Crippen LogP contribution < -0.4 is 0 Å². The molecule has 0 aromatic carbocycles. The summed E-state index contributed by atoms with van der Waals surface area (Å²) in [6, 6.07) is 0. The zero-order valence-electron chi connectivity index (χ0n) is 3.78. The van der Waals surface area contributed by atoms with Crippen molar-refractivity contribution in [3.05, 3.63) is 0 Å². The van der Waals surface area contributed by atoms with Gasteiger partial charge in [0, 0.05) is 12.6 Å². The van der Waals surface area contributed by atoms with E-state index in [1.165, 1.54) is 6.34 Å². The van der Waals surface area contributed by atoms with Gasteiger partial charge in [-0.15, -0.1) is 0 Å². The quantitative estimate of drug-likeness (QED) is 0.448. The molecular formula is C4H6N2O. The number of aliphatic imine (C=N–C) groups is 2. The molecule has 1 heterocycles. The van der Waals surface area contributed by atoms with Gasteiger partial charge in [-0.1, -0.05) is 0 Å². The molecule has 0 saturated heterocycles. The smallest absolute Gasteiger partial charge is 0.151 e. The van der Waals surface area contributed by atoms with Crippen LogP contribution in [0.5, 0.6) is 0 Å². The summed E-state index contributed by atoms with van der Waals surface area (Å²) in [7, 11) is 0. The van der Waals surface area contributed by atoms with E-state index in [2.05, 4.69) is 9.98 Å². The third-order valence-corrected chi connectivity index (χ3v) is 0.727. The van der Waals surface area contributed by atoms with Crippen LogP contribution in [0, 0.1) is 0 Å². The Bertz CT molecular complexity index is 108. The fraction of sp³-hybridized carbons (Fsp3) is 0.500. The highest BCUT2D eigenvalue weighted by Crippen LogP contribution is 1.92. The van der Waals surface area contributed by atoms with Crippen LogP contribution in [0.1, 0.15) is 6.42 Å². The summed E-state index contributed by atoms with van der Waals surface area (Å²) < 4.78 is 0. The largest absolute Gasteiger partial charge is 0.371 e. The van der Waals surface area contributed by atoms with Crippen LogP contribution in [0.25, 0.3) is 0 Å². The summed E-state index contributed by atoms with van der Waals surface area (Å²) in [6.45, 7) is 0. The lowest BCUT2D eigenvalue weighted by atomic mass is 10.4. The summed E-state index contributed by atoms with van der Waals surface area (Å²) in [6.07, 6.45) is 3.00. The maximum atomic E-state index is 8.62. The molecule has 0 radical (unpaired) electrons. The molecule has 0 aliphatic carbocycles. The van der Waals surface area contributed by atoms with E-state index in [9.17, 15) is 0 Å². The van der Waals surface area contributed by atoms with Crippen molar-refractivity contribution in [2.75, 3.05) is 0 Å². The molecule has 0 bridgehead atoms. The molecule has 38 valence electrons. The average molecular weight is 98.1 g/mol. The minimum atomic E-state index is -0.544. The van der Waals surface area contributed by atoms with Crippen LogP contribution in [0.4, 0.5) is 0 Å². The van der Waals surface area contributed by atoms with Crippen molar-refractivity contribution in [2.24, 2.45) is 9.98 Å². The van der Waals surface area contributed by atoms with Crippen molar-refractivity contribution in [1.29, 1.82) is 0 Å². The van der Waals surface area contributed by atoms with Gasteiger partial charge in [-0.05, 0) is 0 Å². The Morgan fingerprint density at radius 2 is 2.57 bits per heavy atom. The maximum Gasteiger partial charge on any atom is 0.151 e. The number of nitrogens with zero attached hydrogens (tertiary/aromatic N) is 2. The van der Waals surface area contributed by atoms with Gasteiger partial charge in [0.05, 0.1) is 0 Å². The second-order valence-corrected chi connectivity index (χ2v) is 1.31. The Kier molecular flexibility index (Phi) is 1.17. The van der Waals surface area contributed by atoms with Crippen molar-refractivity contribution in [2.45, 2.75) is 12.6 Å². The lowest BCUT2D eigenvalue weighted by molar-refractivity contribution is 0.193. The molecule has 0 aromatic heterocycles. The Balaban J connectivity index is 2.49. The average Bonchev–Trinajstić information content (AvgIpc) is 1.69. The van der Waals surface area contributed by atoms with Crippen LogP contribution in [0.15, 0.2) is 9.98 Å². The molecule has 1 atom stereocenters. The third-order valence-electron chi connectivity index (χ3n) is 0.727. The van der Waals surface area contributed by atoms with Gasteiger partial charge in [-0.2, -0.15) is 0 Å². The number of hydrogen-bond acceptors (Lipinski definition) is 3. The lowest BCUT2D eigenvalue weighted by Crippen LogP contribution is -2.05. The topological polar surface area (TPSA) is 45.0 Å². The van der Waals surface area contributed by atoms with Gasteiger partial charge in [0.15, 0.2) is 6.23 Å². The van der Waals surface area contributed by atoms with E-state index in [4.69, 9.17) is 5.11 Å². The fourth-order valence-corrected chi connectivity index (χ4v) is 0.379. The minimum Gasteiger partial charge on any atom is -0.371 e. The van der Waals surface area contributed by atoms with Gasteiger partial charge in [0.25, 0.3) is 0 Å². The van der Waals surface area contributed by atoms with Crippen molar-refractivity contribution in [1.82, 2.24) is 0 Å². The van der Waals surface area contributed by atoms with Crippen LogP contribution in [-0.4, -0.2) is 23.9 Å². The lowest BCUT2D eigenvalue weighted by Gasteiger charge is -2.00. The first-order chi connectivity index (χ1) is 3.39. The molecule has 0 spiro atoms. The van der Waals surface area contributed by atoms with Crippen molar-refractivity contribution >= 4 is 12.6 Å². The monoisotopic (exact) mass is 98.0 g/mol. The van der Waals surface area contributed by atoms with E-state index in [0.29, 0.717) is 6.42 Å². The molecule has 0 saturated carbocycles. The fourth-order valence-electron chi connectivity index (χ4n) is 0.379. The minimum absolute atomic E-state index is 0.544. The molecule has 1 aliphatic heterocycles. The molecule has 1 aliphatic rings. The predicted molar refractivity (Wildman–Crippen MR) is 27.6 cm³/mol. The van der Waals surface area contributed by atoms with E-state index in [1.54, 1.807) is 6.21 Å². The van der Waals surface area contributed by atoms with Crippen LogP contribution in [-0.2, 0) is 0 Å². The van der Waals surface area contributed by atoms with Crippen LogP contribution in [0.3, 0.4) is 0 Å². The second kappa shape index (κ2) is 1.84. The Morgan fingerprint density at radius 3 is 2.86 bits per heavy atom. The molecule has 0 aromatic rings. The van der Waals surface area contributed by atoms with Crippen molar-refractivity contribution in [3.8, 4) is 0 Å². The molecule has 1 N–H and O–H groups in total. The highest BCUT2D eigenvalue weighted by atomic mass is 16.3. The summed E-state index contributed by atoms with van der Waals surface area (Å²) in [4.78, 5) is 7.21. The molecule has 0 amide bonds. The molecule has 1 rings (SSSR count). The first-order valence-corrected chi connectivity index (χ1v) is 2.11. The molecule has 3 nitrogen and oxygen atoms in total. The first-order valence-electron chi connectivity index (χ1n) is 2.11. The number of hydrogen-bond donors (Lipinski definition) is 1.